The van der Waals surface area contributed by atoms with E-state index >= 15 is 0 Å². The van der Waals surface area contributed by atoms with Crippen molar-refractivity contribution >= 4 is 33.8 Å². The van der Waals surface area contributed by atoms with Gasteiger partial charge in [0.25, 0.3) is 5.91 Å². The van der Waals surface area contributed by atoms with Crippen LogP contribution in [0.5, 0.6) is 0 Å². The van der Waals surface area contributed by atoms with Crippen LogP contribution in [-0.4, -0.2) is 10.9 Å². The number of anilines is 3. The first-order valence-electron chi connectivity index (χ1n) is 9.37. The minimum atomic E-state index is -0.161. The van der Waals surface area contributed by atoms with E-state index in [1.165, 1.54) is 16.9 Å². The van der Waals surface area contributed by atoms with Crippen LogP contribution in [0.1, 0.15) is 20.8 Å². The van der Waals surface area contributed by atoms with Gasteiger partial charge in [0.2, 0.25) is 0 Å². The van der Waals surface area contributed by atoms with Gasteiger partial charge >= 0.3 is 0 Å². The van der Waals surface area contributed by atoms with Gasteiger partial charge in [-0.15, -0.1) is 0 Å². The molecule has 0 aliphatic heterocycles. The topological polar surface area (TPSA) is 54.0 Å². The molecular weight excluding hydrogens is 378 g/mol. The molecule has 0 radical (unpaired) electrons. The molecule has 0 saturated carbocycles. The van der Waals surface area contributed by atoms with Crippen LogP contribution < -0.4 is 10.6 Å². The van der Waals surface area contributed by atoms with Crippen LogP contribution in [0, 0.1) is 13.8 Å². The lowest BCUT2D eigenvalue weighted by Crippen LogP contribution is -2.11. The predicted molar refractivity (Wildman–Crippen MR) is 121 cm³/mol. The second-order valence-corrected chi connectivity index (χ2v) is 7.81. The first kappa shape index (κ1) is 18.9. The van der Waals surface area contributed by atoms with Crippen molar-refractivity contribution < 1.29 is 4.79 Å². The van der Waals surface area contributed by atoms with Gasteiger partial charge in [-0.1, -0.05) is 65.9 Å². The van der Waals surface area contributed by atoms with Gasteiger partial charge in [0, 0.05) is 16.9 Å². The van der Waals surface area contributed by atoms with Gasteiger partial charge in [-0.2, -0.15) is 0 Å². The van der Waals surface area contributed by atoms with E-state index < -0.39 is 0 Å². The number of carbonyl (C=O) groups is 1. The van der Waals surface area contributed by atoms with Crippen molar-refractivity contribution in [1.82, 2.24) is 4.98 Å². The summed E-state index contributed by atoms with van der Waals surface area (Å²) >= 11 is 1.35. The van der Waals surface area contributed by atoms with Crippen LogP contribution in [0.3, 0.4) is 0 Å². The van der Waals surface area contributed by atoms with Crippen molar-refractivity contribution in [2.75, 3.05) is 10.6 Å². The highest BCUT2D eigenvalue weighted by atomic mass is 32.1. The smallest absolute Gasteiger partial charge is 0.268 e. The number of rotatable bonds is 5. The van der Waals surface area contributed by atoms with E-state index in [4.69, 9.17) is 4.98 Å². The number of aromatic nitrogens is 1. The normalized spacial score (nSPS) is 10.6. The van der Waals surface area contributed by atoms with E-state index in [9.17, 15) is 4.79 Å². The van der Waals surface area contributed by atoms with Crippen LogP contribution in [0.25, 0.3) is 11.3 Å². The standard InChI is InChI=1S/C24H21N3OS/c1-16-13-14-20(15-17(16)2)25-23(28)22-21(18-9-5-3-6-10-18)27-24(29-22)26-19-11-7-4-8-12-19/h3-15H,1-2H3,(H,25,28)(H,26,27). The van der Waals surface area contributed by atoms with Gasteiger partial charge in [0.1, 0.15) is 4.88 Å². The summed E-state index contributed by atoms with van der Waals surface area (Å²) in [6.45, 7) is 4.09. The molecule has 1 heterocycles. The number of hydrogen-bond acceptors (Lipinski definition) is 4. The van der Waals surface area contributed by atoms with E-state index in [2.05, 4.69) is 17.6 Å². The van der Waals surface area contributed by atoms with Gasteiger partial charge in [0.15, 0.2) is 5.13 Å². The van der Waals surface area contributed by atoms with E-state index in [1.54, 1.807) is 0 Å². The fourth-order valence-electron chi connectivity index (χ4n) is 2.97. The molecule has 0 saturated heterocycles. The quantitative estimate of drug-likeness (QED) is 0.407. The maximum Gasteiger partial charge on any atom is 0.268 e. The highest BCUT2D eigenvalue weighted by Gasteiger charge is 2.20. The van der Waals surface area contributed by atoms with E-state index in [-0.39, 0.29) is 5.91 Å². The SMILES string of the molecule is Cc1ccc(NC(=O)c2sc(Nc3ccccc3)nc2-c2ccccc2)cc1C. The minimum absolute atomic E-state index is 0.161. The monoisotopic (exact) mass is 399 g/mol. The van der Waals surface area contributed by atoms with E-state index in [0.717, 1.165) is 22.5 Å². The molecule has 144 valence electrons. The number of para-hydroxylation sites is 1. The summed E-state index contributed by atoms with van der Waals surface area (Å²) in [5.41, 5.74) is 5.64. The van der Waals surface area contributed by atoms with Crippen LogP contribution in [-0.2, 0) is 0 Å². The number of nitrogens with zero attached hydrogens (tertiary/aromatic N) is 1. The summed E-state index contributed by atoms with van der Waals surface area (Å²) in [6.07, 6.45) is 0. The van der Waals surface area contributed by atoms with E-state index in [0.29, 0.717) is 15.7 Å². The number of amides is 1. The number of thiazole rings is 1. The molecule has 29 heavy (non-hydrogen) atoms. The molecule has 4 rings (SSSR count). The summed E-state index contributed by atoms with van der Waals surface area (Å²) < 4.78 is 0. The summed E-state index contributed by atoms with van der Waals surface area (Å²) in [7, 11) is 0. The average molecular weight is 400 g/mol. The molecule has 0 aliphatic rings. The molecule has 0 spiro atoms. The number of nitrogens with one attached hydrogen (secondary N) is 2. The first-order valence-corrected chi connectivity index (χ1v) is 10.2. The van der Waals surface area contributed by atoms with Gasteiger partial charge in [-0.05, 0) is 49.2 Å². The van der Waals surface area contributed by atoms with Crippen LogP contribution in [0.2, 0.25) is 0 Å². The molecule has 0 atom stereocenters. The summed E-state index contributed by atoms with van der Waals surface area (Å²) in [4.78, 5) is 18.4. The molecule has 0 fully saturated rings. The van der Waals surface area contributed by atoms with Gasteiger partial charge in [0.05, 0.1) is 5.69 Å². The zero-order valence-electron chi connectivity index (χ0n) is 16.3. The fraction of sp³-hybridized carbons (Fsp3) is 0.0833. The number of hydrogen-bond donors (Lipinski definition) is 2. The Labute approximate surface area is 174 Å². The second-order valence-electron chi connectivity index (χ2n) is 6.81. The molecule has 0 aliphatic carbocycles. The zero-order valence-corrected chi connectivity index (χ0v) is 17.1. The highest BCUT2D eigenvalue weighted by Crippen LogP contribution is 2.33. The van der Waals surface area contributed by atoms with E-state index in [1.807, 2.05) is 85.8 Å². The number of carbonyl (C=O) groups excluding carboxylic acids is 1. The van der Waals surface area contributed by atoms with Crippen molar-refractivity contribution in [3.8, 4) is 11.3 Å². The first-order chi connectivity index (χ1) is 14.1. The maximum absolute atomic E-state index is 13.1. The Kier molecular flexibility index (Phi) is 5.40. The molecule has 1 aromatic heterocycles. The molecule has 0 unspecified atom stereocenters. The van der Waals surface area contributed by atoms with Crippen molar-refractivity contribution in [3.63, 3.8) is 0 Å². The lowest BCUT2D eigenvalue weighted by atomic mass is 10.1. The molecule has 5 heteroatoms. The molecule has 0 bridgehead atoms. The average Bonchev–Trinajstić information content (AvgIpc) is 3.16. The third kappa shape index (κ3) is 4.36. The fourth-order valence-corrected chi connectivity index (χ4v) is 3.87. The third-order valence-electron chi connectivity index (χ3n) is 4.67. The Morgan fingerprint density at radius 1 is 0.828 bits per heavy atom. The Bertz CT molecular complexity index is 1140. The Morgan fingerprint density at radius 2 is 1.52 bits per heavy atom. The molecule has 1 amide bonds. The van der Waals surface area contributed by atoms with Gasteiger partial charge in [-0.3, -0.25) is 4.79 Å². The lowest BCUT2D eigenvalue weighted by molar-refractivity contribution is 0.103. The molecule has 4 nitrogen and oxygen atoms in total. The van der Waals surface area contributed by atoms with Crippen LogP contribution in [0.4, 0.5) is 16.5 Å². The number of benzene rings is 3. The van der Waals surface area contributed by atoms with Crippen LogP contribution >= 0.6 is 11.3 Å². The zero-order chi connectivity index (χ0) is 20.2. The Morgan fingerprint density at radius 3 is 2.21 bits per heavy atom. The summed E-state index contributed by atoms with van der Waals surface area (Å²) in [5, 5.41) is 7.00. The Balaban J connectivity index is 1.68. The molecule has 2 N–H and O–H groups in total. The van der Waals surface area contributed by atoms with Crippen molar-refractivity contribution in [3.05, 3.63) is 94.9 Å². The second kappa shape index (κ2) is 8.29. The highest BCUT2D eigenvalue weighted by molar-refractivity contribution is 7.18. The number of aryl methyl sites for hydroxylation is 2. The van der Waals surface area contributed by atoms with Gasteiger partial charge in [-0.25, -0.2) is 4.98 Å². The molecule has 4 aromatic rings. The van der Waals surface area contributed by atoms with Gasteiger partial charge < -0.3 is 10.6 Å². The summed E-state index contributed by atoms with van der Waals surface area (Å²) in [6, 6.07) is 25.5. The minimum Gasteiger partial charge on any atom is -0.332 e. The molecular formula is C24H21N3OS. The van der Waals surface area contributed by atoms with Crippen molar-refractivity contribution in [1.29, 1.82) is 0 Å². The Hall–Kier alpha value is -3.44. The van der Waals surface area contributed by atoms with Crippen LogP contribution in [0.15, 0.2) is 78.9 Å². The van der Waals surface area contributed by atoms with Crippen molar-refractivity contribution in [2.24, 2.45) is 0 Å². The third-order valence-corrected chi connectivity index (χ3v) is 5.64. The molecule has 3 aromatic carbocycles. The largest absolute Gasteiger partial charge is 0.332 e. The summed E-state index contributed by atoms with van der Waals surface area (Å²) in [5.74, 6) is -0.161. The lowest BCUT2D eigenvalue weighted by Gasteiger charge is -2.07. The maximum atomic E-state index is 13.1. The predicted octanol–water partition coefficient (Wildman–Crippen LogP) is 6.42. The van der Waals surface area contributed by atoms with Crippen molar-refractivity contribution in [2.45, 2.75) is 13.8 Å².